The van der Waals surface area contributed by atoms with Crippen molar-refractivity contribution in [2.75, 3.05) is 26.4 Å². The van der Waals surface area contributed by atoms with E-state index in [4.69, 9.17) is 18.9 Å². The molecule has 9 heteroatoms. The summed E-state index contributed by atoms with van der Waals surface area (Å²) in [6.07, 6.45) is 0. The van der Waals surface area contributed by atoms with Gasteiger partial charge in [-0.1, -0.05) is 12.1 Å². The maximum absolute atomic E-state index is 11.9. The predicted molar refractivity (Wildman–Crippen MR) is 97.4 cm³/mol. The van der Waals surface area contributed by atoms with E-state index in [0.717, 1.165) is 0 Å². The molecule has 0 heterocycles. The zero-order chi connectivity index (χ0) is 20.4. The summed E-state index contributed by atoms with van der Waals surface area (Å²) in [5.41, 5.74) is 0.0509. The van der Waals surface area contributed by atoms with Gasteiger partial charge in [0.15, 0.2) is 12.4 Å². The molecule has 0 radical (unpaired) electrons. The number of para-hydroxylation sites is 2. The third-order valence-electron chi connectivity index (χ3n) is 3.39. The van der Waals surface area contributed by atoms with Gasteiger partial charge in [0.2, 0.25) is 0 Å². The highest BCUT2D eigenvalue weighted by molar-refractivity contribution is 5.89. The van der Waals surface area contributed by atoms with Crippen molar-refractivity contribution in [2.45, 2.75) is 6.92 Å². The second-order valence-electron chi connectivity index (χ2n) is 5.34. The Morgan fingerprint density at radius 1 is 1.04 bits per heavy atom. The minimum Gasteiger partial charge on any atom is -0.475 e. The van der Waals surface area contributed by atoms with E-state index in [1.54, 1.807) is 6.07 Å². The Bertz CT molecular complexity index is 819. The molecule has 148 valence electrons. The highest BCUT2D eigenvalue weighted by Crippen LogP contribution is 2.25. The fourth-order valence-electron chi connectivity index (χ4n) is 2.11. The molecule has 9 nitrogen and oxygen atoms in total. The molecule has 28 heavy (non-hydrogen) atoms. The molecule has 0 fully saturated rings. The van der Waals surface area contributed by atoms with Crippen molar-refractivity contribution in [3.05, 3.63) is 64.2 Å². The highest BCUT2D eigenvalue weighted by Gasteiger charge is 2.16. The number of hydrogen-bond acceptors (Lipinski definition) is 8. The Labute approximate surface area is 160 Å². The SMILES string of the molecule is CCOCCOC(=O)c1ccc(OC(=O)COc2ccccc2[N+](=O)[O-])cc1. The number of esters is 2. The number of nitro groups is 1. The summed E-state index contributed by atoms with van der Waals surface area (Å²) in [7, 11) is 0. The molecule has 0 aliphatic carbocycles. The first-order valence-electron chi connectivity index (χ1n) is 8.43. The summed E-state index contributed by atoms with van der Waals surface area (Å²) < 4.78 is 20.3. The van der Waals surface area contributed by atoms with Crippen molar-refractivity contribution in [1.82, 2.24) is 0 Å². The molecule has 0 bridgehead atoms. The first-order chi connectivity index (χ1) is 13.5. The van der Waals surface area contributed by atoms with Crippen molar-refractivity contribution >= 4 is 17.6 Å². The summed E-state index contributed by atoms with van der Waals surface area (Å²) in [4.78, 5) is 34.0. The van der Waals surface area contributed by atoms with Crippen LogP contribution in [0, 0.1) is 10.1 Å². The average molecular weight is 389 g/mol. The summed E-state index contributed by atoms with van der Waals surface area (Å²) >= 11 is 0. The van der Waals surface area contributed by atoms with E-state index in [2.05, 4.69) is 0 Å². The van der Waals surface area contributed by atoms with Crippen LogP contribution >= 0.6 is 0 Å². The van der Waals surface area contributed by atoms with Crippen LogP contribution in [0.15, 0.2) is 48.5 Å². The monoisotopic (exact) mass is 389 g/mol. The van der Waals surface area contributed by atoms with Crippen molar-refractivity contribution in [3.8, 4) is 11.5 Å². The van der Waals surface area contributed by atoms with E-state index in [-0.39, 0.29) is 23.8 Å². The molecule has 0 atom stereocenters. The molecule has 0 saturated carbocycles. The molecule has 0 unspecified atom stereocenters. The summed E-state index contributed by atoms with van der Waals surface area (Å²) in [5, 5.41) is 10.9. The van der Waals surface area contributed by atoms with Crippen LogP contribution in [0.25, 0.3) is 0 Å². The van der Waals surface area contributed by atoms with E-state index < -0.39 is 23.5 Å². The summed E-state index contributed by atoms with van der Waals surface area (Å²) in [6, 6.07) is 11.5. The number of carbonyl (C=O) groups excluding carboxylic acids is 2. The molecule has 2 aromatic carbocycles. The normalized spacial score (nSPS) is 10.2. The average Bonchev–Trinajstić information content (AvgIpc) is 2.70. The van der Waals surface area contributed by atoms with Crippen LogP contribution < -0.4 is 9.47 Å². The maximum Gasteiger partial charge on any atom is 0.349 e. The molecule has 0 aromatic heterocycles. The Morgan fingerprint density at radius 3 is 2.43 bits per heavy atom. The number of ether oxygens (including phenoxy) is 4. The fourth-order valence-corrected chi connectivity index (χ4v) is 2.11. The number of benzene rings is 2. The molecule has 0 spiro atoms. The molecule has 0 aliphatic heterocycles. The lowest BCUT2D eigenvalue weighted by atomic mass is 10.2. The van der Waals surface area contributed by atoms with E-state index in [9.17, 15) is 19.7 Å². The Hall–Kier alpha value is -3.46. The lowest BCUT2D eigenvalue weighted by Gasteiger charge is -2.08. The van der Waals surface area contributed by atoms with E-state index in [1.807, 2.05) is 6.92 Å². The maximum atomic E-state index is 11.9. The summed E-state index contributed by atoms with van der Waals surface area (Å²) in [5.74, 6) is -1.10. The van der Waals surface area contributed by atoms with Crippen molar-refractivity contribution in [3.63, 3.8) is 0 Å². The number of hydrogen-bond donors (Lipinski definition) is 0. The van der Waals surface area contributed by atoms with Crippen LogP contribution in [0.2, 0.25) is 0 Å². The van der Waals surface area contributed by atoms with Gasteiger partial charge in [-0.25, -0.2) is 9.59 Å². The van der Waals surface area contributed by atoms with Crippen LogP contribution in [-0.4, -0.2) is 43.3 Å². The fraction of sp³-hybridized carbons (Fsp3) is 0.263. The van der Waals surface area contributed by atoms with Gasteiger partial charge in [-0.05, 0) is 37.3 Å². The van der Waals surface area contributed by atoms with E-state index >= 15 is 0 Å². The van der Waals surface area contributed by atoms with Crippen LogP contribution in [-0.2, 0) is 14.3 Å². The quantitative estimate of drug-likeness (QED) is 0.200. The standard InChI is InChI=1S/C19H19NO8/c1-2-25-11-12-26-19(22)14-7-9-15(10-8-14)28-18(21)13-27-17-6-4-3-5-16(17)20(23)24/h3-10H,2,11-13H2,1H3. The Kier molecular flexibility index (Phi) is 7.92. The van der Waals surface area contributed by atoms with Gasteiger partial charge in [0.1, 0.15) is 12.4 Å². The van der Waals surface area contributed by atoms with Gasteiger partial charge in [-0.2, -0.15) is 0 Å². The molecule has 0 aliphatic rings. The van der Waals surface area contributed by atoms with Crippen LogP contribution in [0.5, 0.6) is 11.5 Å². The largest absolute Gasteiger partial charge is 0.475 e. The van der Waals surface area contributed by atoms with Gasteiger partial charge in [0.05, 0.1) is 17.1 Å². The van der Waals surface area contributed by atoms with Crippen molar-refractivity contribution in [2.24, 2.45) is 0 Å². The second kappa shape index (κ2) is 10.6. The summed E-state index contributed by atoms with van der Waals surface area (Å²) in [6.45, 7) is 2.34. The minimum atomic E-state index is -0.745. The van der Waals surface area contributed by atoms with Gasteiger partial charge in [-0.3, -0.25) is 10.1 Å². The number of nitrogens with zero attached hydrogens (tertiary/aromatic N) is 1. The highest BCUT2D eigenvalue weighted by atomic mass is 16.6. The van der Waals surface area contributed by atoms with Gasteiger partial charge >= 0.3 is 17.6 Å². The van der Waals surface area contributed by atoms with Crippen molar-refractivity contribution < 1.29 is 33.5 Å². The van der Waals surface area contributed by atoms with Gasteiger partial charge < -0.3 is 18.9 Å². The number of carbonyl (C=O) groups is 2. The lowest BCUT2D eigenvalue weighted by Crippen LogP contribution is -2.18. The first-order valence-corrected chi connectivity index (χ1v) is 8.43. The molecule has 2 aromatic rings. The molecular formula is C19H19NO8. The molecule has 0 N–H and O–H groups in total. The topological polar surface area (TPSA) is 114 Å². The lowest BCUT2D eigenvalue weighted by molar-refractivity contribution is -0.385. The smallest absolute Gasteiger partial charge is 0.349 e. The first kappa shape index (κ1) is 20.8. The van der Waals surface area contributed by atoms with Crippen LogP contribution in [0.4, 0.5) is 5.69 Å². The minimum absolute atomic E-state index is 0.0328. The molecule has 0 amide bonds. The molecule has 2 rings (SSSR count). The van der Waals surface area contributed by atoms with Crippen LogP contribution in [0.3, 0.4) is 0 Å². The molecule has 0 saturated heterocycles. The zero-order valence-electron chi connectivity index (χ0n) is 15.2. The second-order valence-corrected chi connectivity index (χ2v) is 5.34. The third-order valence-corrected chi connectivity index (χ3v) is 3.39. The third kappa shape index (κ3) is 6.36. The van der Waals surface area contributed by atoms with Gasteiger partial charge in [0, 0.05) is 12.7 Å². The predicted octanol–water partition coefficient (Wildman–Crippen LogP) is 2.77. The number of nitro benzene ring substituents is 1. The van der Waals surface area contributed by atoms with Gasteiger partial charge in [0.25, 0.3) is 0 Å². The van der Waals surface area contributed by atoms with Crippen LogP contribution in [0.1, 0.15) is 17.3 Å². The number of rotatable bonds is 10. The van der Waals surface area contributed by atoms with Crippen molar-refractivity contribution in [1.29, 1.82) is 0 Å². The molecular weight excluding hydrogens is 370 g/mol. The van der Waals surface area contributed by atoms with E-state index in [1.165, 1.54) is 42.5 Å². The van der Waals surface area contributed by atoms with E-state index in [0.29, 0.717) is 18.8 Å². The Balaban J connectivity index is 1.84. The zero-order valence-corrected chi connectivity index (χ0v) is 15.2. The Morgan fingerprint density at radius 2 is 1.75 bits per heavy atom. The van der Waals surface area contributed by atoms with Gasteiger partial charge in [-0.15, -0.1) is 0 Å².